The van der Waals surface area contributed by atoms with E-state index in [0.717, 1.165) is 5.01 Å². The summed E-state index contributed by atoms with van der Waals surface area (Å²) >= 11 is 7.55. The van der Waals surface area contributed by atoms with Crippen molar-refractivity contribution in [3.8, 4) is 0 Å². The lowest BCUT2D eigenvalue weighted by atomic mass is 10.1. The van der Waals surface area contributed by atoms with Crippen LogP contribution in [0.1, 0.15) is 64.3 Å². The summed E-state index contributed by atoms with van der Waals surface area (Å²) in [5.41, 5.74) is 1.54. The molecule has 25 heavy (non-hydrogen) atoms. The second-order valence-electron chi connectivity index (χ2n) is 6.40. The number of aryl methyl sites for hydroxylation is 1. The second kappa shape index (κ2) is 7.97. The Morgan fingerprint density at radius 2 is 1.84 bits per heavy atom. The number of thiazole rings is 1. The van der Waals surface area contributed by atoms with Crippen molar-refractivity contribution >= 4 is 40.4 Å². The van der Waals surface area contributed by atoms with Crippen molar-refractivity contribution in [2.24, 2.45) is 0 Å². The number of amides is 2. The molecule has 2 aromatic rings. The topological polar surface area (TPSA) is 71.1 Å². The fourth-order valence-electron chi connectivity index (χ4n) is 2.16. The van der Waals surface area contributed by atoms with Gasteiger partial charge in [0.05, 0.1) is 21.4 Å². The van der Waals surface area contributed by atoms with Crippen molar-refractivity contribution in [3.05, 3.63) is 44.4 Å². The molecular formula is C18H22ClN3O2S. The predicted octanol–water partition coefficient (Wildman–Crippen LogP) is 4.62. The summed E-state index contributed by atoms with van der Waals surface area (Å²) in [4.78, 5) is 29.7. The van der Waals surface area contributed by atoms with Crippen molar-refractivity contribution in [1.82, 2.24) is 10.3 Å². The van der Waals surface area contributed by atoms with E-state index in [9.17, 15) is 9.59 Å². The maximum atomic E-state index is 12.6. The number of nitrogens with zero attached hydrogens (tertiary/aromatic N) is 1. The Bertz CT molecular complexity index is 800. The van der Waals surface area contributed by atoms with E-state index in [1.807, 2.05) is 34.6 Å². The highest BCUT2D eigenvalue weighted by Gasteiger charge is 2.18. The van der Waals surface area contributed by atoms with Crippen LogP contribution in [0.3, 0.4) is 0 Å². The van der Waals surface area contributed by atoms with Crippen molar-refractivity contribution < 1.29 is 9.59 Å². The van der Waals surface area contributed by atoms with Gasteiger partial charge in [-0.25, -0.2) is 4.98 Å². The highest BCUT2D eigenvalue weighted by Crippen LogP contribution is 2.28. The van der Waals surface area contributed by atoms with Gasteiger partial charge in [-0.15, -0.1) is 11.3 Å². The van der Waals surface area contributed by atoms with Gasteiger partial charge in [-0.2, -0.15) is 0 Å². The van der Waals surface area contributed by atoms with Gasteiger partial charge in [-0.05, 0) is 39.0 Å². The summed E-state index contributed by atoms with van der Waals surface area (Å²) < 4.78 is 0. The number of carbonyl (C=O) groups excluding carboxylic acids is 2. The van der Waals surface area contributed by atoms with E-state index < -0.39 is 0 Å². The average molecular weight is 380 g/mol. The van der Waals surface area contributed by atoms with E-state index in [0.29, 0.717) is 26.8 Å². The van der Waals surface area contributed by atoms with E-state index in [-0.39, 0.29) is 23.8 Å². The standard InChI is InChI=1S/C18H22ClN3O2S/c1-9(2)18-21-11(5)15(25-18)17(24)22-14-8-12(6-7-13(14)19)16(23)20-10(3)4/h6-10H,1-5H3,(H,20,23)(H,22,24). The minimum Gasteiger partial charge on any atom is -0.350 e. The molecule has 0 spiro atoms. The fraction of sp³-hybridized carbons (Fsp3) is 0.389. The third-order valence-corrected chi connectivity index (χ3v) is 5.20. The van der Waals surface area contributed by atoms with Gasteiger partial charge in [0.2, 0.25) is 0 Å². The maximum absolute atomic E-state index is 12.6. The molecule has 1 aromatic heterocycles. The van der Waals surface area contributed by atoms with E-state index in [4.69, 9.17) is 11.6 Å². The molecule has 0 fully saturated rings. The minimum absolute atomic E-state index is 0.0236. The van der Waals surface area contributed by atoms with Crippen LogP contribution < -0.4 is 10.6 Å². The van der Waals surface area contributed by atoms with Gasteiger partial charge in [-0.3, -0.25) is 9.59 Å². The Morgan fingerprint density at radius 1 is 1.16 bits per heavy atom. The Kier molecular flexibility index (Phi) is 6.19. The molecule has 2 rings (SSSR count). The number of benzene rings is 1. The molecular weight excluding hydrogens is 358 g/mol. The van der Waals surface area contributed by atoms with E-state index in [1.54, 1.807) is 18.2 Å². The molecule has 0 bridgehead atoms. The summed E-state index contributed by atoms with van der Waals surface area (Å²) in [5, 5.41) is 6.89. The number of rotatable bonds is 5. The van der Waals surface area contributed by atoms with Crippen LogP contribution in [0.2, 0.25) is 5.02 Å². The molecule has 7 heteroatoms. The quantitative estimate of drug-likeness (QED) is 0.796. The largest absolute Gasteiger partial charge is 0.350 e. The first-order chi connectivity index (χ1) is 11.7. The molecule has 5 nitrogen and oxygen atoms in total. The van der Waals surface area contributed by atoms with Crippen molar-refractivity contribution in [2.75, 3.05) is 5.32 Å². The molecule has 1 aromatic carbocycles. The highest BCUT2D eigenvalue weighted by molar-refractivity contribution is 7.14. The summed E-state index contributed by atoms with van der Waals surface area (Å²) in [6.45, 7) is 9.65. The lowest BCUT2D eigenvalue weighted by molar-refractivity contribution is 0.0942. The Hall–Kier alpha value is -1.92. The van der Waals surface area contributed by atoms with Crippen LogP contribution in [-0.4, -0.2) is 22.8 Å². The van der Waals surface area contributed by atoms with Crippen LogP contribution in [0.5, 0.6) is 0 Å². The van der Waals surface area contributed by atoms with Crippen LogP contribution in [-0.2, 0) is 0 Å². The number of hydrogen-bond donors (Lipinski definition) is 2. The summed E-state index contributed by atoms with van der Waals surface area (Å²) in [7, 11) is 0. The first-order valence-electron chi connectivity index (χ1n) is 8.08. The second-order valence-corrected chi connectivity index (χ2v) is 7.84. The van der Waals surface area contributed by atoms with Crippen molar-refractivity contribution in [2.45, 2.75) is 46.6 Å². The van der Waals surface area contributed by atoms with E-state index in [2.05, 4.69) is 15.6 Å². The van der Waals surface area contributed by atoms with Gasteiger partial charge < -0.3 is 10.6 Å². The SMILES string of the molecule is Cc1nc(C(C)C)sc1C(=O)Nc1cc(C(=O)NC(C)C)ccc1Cl. The average Bonchev–Trinajstić information content (AvgIpc) is 2.91. The zero-order chi connectivity index (χ0) is 18.7. The molecule has 0 saturated heterocycles. The van der Waals surface area contributed by atoms with Gasteiger partial charge in [0.15, 0.2) is 0 Å². The van der Waals surface area contributed by atoms with Gasteiger partial charge in [-0.1, -0.05) is 25.4 Å². The van der Waals surface area contributed by atoms with Crippen LogP contribution >= 0.6 is 22.9 Å². The minimum atomic E-state index is -0.273. The first-order valence-corrected chi connectivity index (χ1v) is 9.27. The molecule has 0 aliphatic carbocycles. The van der Waals surface area contributed by atoms with Crippen LogP contribution in [0.4, 0.5) is 5.69 Å². The van der Waals surface area contributed by atoms with E-state index >= 15 is 0 Å². The third kappa shape index (κ3) is 4.80. The number of carbonyl (C=O) groups is 2. The summed E-state index contributed by atoms with van der Waals surface area (Å²) in [6.07, 6.45) is 0. The first kappa shape index (κ1) is 19.4. The number of halogens is 1. The summed E-state index contributed by atoms with van der Waals surface area (Å²) in [5.74, 6) is -0.222. The van der Waals surface area contributed by atoms with Crippen LogP contribution in [0, 0.1) is 6.92 Å². The number of aromatic nitrogens is 1. The lowest BCUT2D eigenvalue weighted by Crippen LogP contribution is -2.30. The molecule has 2 amide bonds. The fourth-order valence-corrected chi connectivity index (χ4v) is 3.29. The van der Waals surface area contributed by atoms with Gasteiger partial charge >= 0.3 is 0 Å². The zero-order valence-corrected chi connectivity index (χ0v) is 16.5. The Balaban J connectivity index is 2.24. The molecule has 0 aliphatic rings. The smallest absolute Gasteiger partial charge is 0.267 e. The lowest BCUT2D eigenvalue weighted by Gasteiger charge is -2.11. The van der Waals surface area contributed by atoms with Gasteiger partial charge in [0, 0.05) is 17.5 Å². The molecule has 0 radical (unpaired) electrons. The molecule has 1 heterocycles. The molecule has 0 saturated carbocycles. The highest BCUT2D eigenvalue weighted by atomic mass is 35.5. The number of hydrogen-bond acceptors (Lipinski definition) is 4. The molecule has 2 N–H and O–H groups in total. The van der Waals surface area contributed by atoms with Crippen LogP contribution in [0.15, 0.2) is 18.2 Å². The zero-order valence-electron chi connectivity index (χ0n) is 14.9. The Labute approximate surface area is 156 Å². The van der Waals surface area contributed by atoms with Crippen molar-refractivity contribution in [1.29, 1.82) is 0 Å². The monoisotopic (exact) mass is 379 g/mol. The molecule has 0 unspecified atom stereocenters. The number of nitrogens with one attached hydrogen (secondary N) is 2. The molecule has 134 valence electrons. The van der Waals surface area contributed by atoms with Gasteiger partial charge in [0.25, 0.3) is 11.8 Å². The van der Waals surface area contributed by atoms with Crippen LogP contribution in [0.25, 0.3) is 0 Å². The van der Waals surface area contributed by atoms with Crippen molar-refractivity contribution in [3.63, 3.8) is 0 Å². The van der Waals surface area contributed by atoms with Gasteiger partial charge in [0.1, 0.15) is 4.88 Å². The molecule has 0 atom stereocenters. The molecule has 0 aliphatic heterocycles. The third-order valence-electron chi connectivity index (χ3n) is 3.41. The number of anilines is 1. The summed E-state index contributed by atoms with van der Waals surface area (Å²) in [6, 6.07) is 4.84. The normalized spacial score (nSPS) is 11.0. The Morgan fingerprint density at radius 3 is 2.40 bits per heavy atom. The predicted molar refractivity (Wildman–Crippen MR) is 103 cm³/mol. The maximum Gasteiger partial charge on any atom is 0.267 e. The van der Waals surface area contributed by atoms with E-state index in [1.165, 1.54) is 11.3 Å².